The van der Waals surface area contributed by atoms with Gasteiger partial charge in [-0.15, -0.1) is 0 Å². The van der Waals surface area contributed by atoms with E-state index in [-0.39, 0.29) is 0 Å². The van der Waals surface area contributed by atoms with Crippen molar-refractivity contribution in [1.82, 2.24) is 0 Å². The van der Waals surface area contributed by atoms with Crippen molar-refractivity contribution >= 4 is 8.80 Å². The third kappa shape index (κ3) is 2.89. The van der Waals surface area contributed by atoms with Crippen LogP contribution in [0, 0.1) is 0 Å². The summed E-state index contributed by atoms with van der Waals surface area (Å²) >= 11 is 0. The second-order valence-corrected chi connectivity index (χ2v) is 5.50. The standard InChI is InChI=1S/C8H19NO3Si/c1-5-8(6-7-9)13(10-2,11-3)12-4/h5H,6-7,9H2,1-4H3. The molecule has 0 aliphatic carbocycles. The Bertz CT molecular complexity index is 161. The molecule has 0 radical (unpaired) electrons. The number of allylic oxidation sites excluding steroid dienone is 1. The van der Waals surface area contributed by atoms with Gasteiger partial charge in [-0.2, -0.15) is 0 Å². The molecule has 0 unspecified atom stereocenters. The smallest absolute Gasteiger partial charge is 0.374 e. The summed E-state index contributed by atoms with van der Waals surface area (Å²) in [5, 5.41) is 1.03. The Morgan fingerprint density at radius 3 is 1.92 bits per heavy atom. The van der Waals surface area contributed by atoms with Crippen LogP contribution in [0.2, 0.25) is 0 Å². The van der Waals surface area contributed by atoms with E-state index < -0.39 is 8.80 Å². The number of nitrogens with two attached hydrogens (primary N) is 1. The van der Waals surface area contributed by atoms with Crippen LogP contribution >= 0.6 is 0 Å². The van der Waals surface area contributed by atoms with Gasteiger partial charge in [0.1, 0.15) is 0 Å². The van der Waals surface area contributed by atoms with Crippen LogP contribution in [0.3, 0.4) is 0 Å². The minimum absolute atomic E-state index is 0.574. The van der Waals surface area contributed by atoms with Crippen LogP contribution in [0.15, 0.2) is 11.3 Å². The molecule has 0 fully saturated rings. The van der Waals surface area contributed by atoms with Crippen LogP contribution in [0.1, 0.15) is 13.3 Å². The molecule has 4 nitrogen and oxygen atoms in total. The fraction of sp³-hybridized carbons (Fsp3) is 0.750. The lowest BCUT2D eigenvalue weighted by atomic mass is 10.4. The van der Waals surface area contributed by atoms with Gasteiger partial charge in [-0.1, -0.05) is 6.08 Å². The average Bonchev–Trinajstić information content (AvgIpc) is 2.19. The predicted molar refractivity (Wildman–Crippen MR) is 54.2 cm³/mol. The van der Waals surface area contributed by atoms with Crippen molar-refractivity contribution in [3.8, 4) is 0 Å². The first-order valence-electron chi connectivity index (χ1n) is 4.21. The van der Waals surface area contributed by atoms with Gasteiger partial charge in [-0.3, -0.25) is 0 Å². The van der Waals surface area contributed by atoms with E-state index in [4.69, 9.17) is 19.0 Å². The Balaban J connectivity index is 4.67. The first-order chi connectivity index (χ1) is 6.20. The number of hydrogen-bond donors (Lipinski definition) is 1. The Labute approximate surface area is 81.0 Å². The molecule has 0 aromatic heterocycles. The third-order valence-electron chi connectivity index (χ3n) is 1.96. The zero-order chi connectivity index (χ0) is 10.3. The zero-order valence-corrected chi connectivity index (χ0v) is 9.79. The maximum absolute atomic E-state index is 5.48. The van der Waals surface area contributed by atoms with Crippen LogP contribution in [0.25, 0.3) is 0 Å². The molecular weight excluding hydrogens is 186 g/mol. The molecule has 0 aliphatic heterocycles. The first-order valence-corrected chi connectivity index (χ1v) is 5.94. The molecule has 0 bridgehead atoms. The molecule has 0 spiro atoms. The van der Waals surface area contributed by atoms with Crippen molar-refractivity contribution in [2.75, 3.05) is 27.9 Å². The molecule has 0 aromatic carbocycles. The van der Waals surface area contributed by atoms with Gasteiger partial charge in [0.15, 0.2) is 0 Å². The van der Waals surface area contributed by atoms with E-state index in [0.717, 1.165) is 11.6 Å². The van der Waals surface area contributed by atoms with E-state index in [9.17, 15) is 0 Å². The maximum atomic E-state index is 5.48. The van der Waals surface area contributed by atoms with Crippen molar-refractivity contribution in [2.24, 2.45) is 5.73 Å². The molecule has 0 saturated heterocycles. The maximum Gasteiger partial charge on any atom is 0.531 e. The molecule has 13 heavy (non-hydrogen) atoms. The van der Waals surface area contributed by atoms with E-state index in [1.165, 1.54) is 0 Å². The van der Waals surface area contributed by atoms with Crippen LogP contribution in [0.4, 0.5) is 0 Å². The first kappa shape index (κ1) is 12.8. The van der Waals surface area contributed by atoms with Crippen LogP contribution in [0.5, 0.6) is 0 Å². The van der Waals surface area contributed by atoms with Gasteiger partial charge in [0.05, 0.1) is 0 Å². The summed E-state index contributed by atoms with van der Waals surface area (Å²) in [6.45, 7) is 2.51. The quantitative estimate of drug-likeness (QED) is 0.649. The number of hydrogen-bond acceptors (Lipinski definition) is 4. The lowest BCUT2D eigenvalue weighted by Gasteiger charge is -2.26. The molecule has 0 amide bonds. The average molecular weight is 205 g/mol. The largest absolute Gasteiger partial charge is 0.531 e. The molecule has 0 heterocycles. The molecule has 0 atom stereocenters. The van der Waals surface area contributed by atoms with Crippen molar-refractivity contribution < 1.29 is 13.3 Å². The second kappa shape index (κ2) is 6.28. The molecule has 5 heteroatoms. The second-order valence-electron chi connectivity index (χ2n) is 2.52. The SMILES string of the molecule is CC=C(CCN)[Si](OC)(OC)OC. The lowest BCUT2D eigenvalue weighted by Crippen LogP contribution is -2.46. The van der Waals surface area contributed by atoms with E-state index >= 15 is 0 Å². The fourth-order valence-corrected chi connectivity index (χ4v) is 3.36. The Kier molecular flexibility index (Phi) is 6.18. The summed E-state index contributed by atoms with van der Waals surface area (Å²) in [5.41, 5.74) is 5.48. The van der Waals surface area contributed by atoms with Crippen molar-refractivity contribution in [2.45, 2.75) is 13.3 Å². The van der Waals surface area contributed by atoms with Gasteiger partial charge in [0.25, 0.3) is 0 Å². The highest BCUT2D eigenvalue weighted by molar-refractivity contribution is 6.68. The Hall–Kier alpha value is -0.203. The van der Waals surface area contributed by atoms with Crippen molar-refractivity contribution in [1.29, 1.82) is 0 Å². The topological polar surface area (TPSA) is 53.7 Å². The summed E-state index contributed by atoms with van der Waals surface area (Å²) < 4.78 is 15.9. The molecule has 0 saturated carbocycles. The van der Waals surface area contributed by atoms with Crippen molar-refractivity contribution in [3.05, 3.63) is 11.3 Å². The molecule has 0 rings (SSSR count). The summed E-state index contributed by atoms with van der Waals surface area (Å²) in [6, 6.07) is 0. The van der Waals surface area contributed by atoms with Gasteiger partial charge < -0.3 is 19.0 Å². The summed E-state index contributed by atoms with van der Waals surface area (Å²) in [6.07, 6.45) is 2.70. The fourth-order valence-electron chi connectivity index (χ4n) is 1.27. The van der Waals surface area contributed by atoms with E-state index in [1.54, 1.807) is 21.3 Å². The van der Waals surface area contributed by atoms with Crippen LogP contribution in [-0.4, -0.2) is 36.7 Å². The van der Waals surface area contributed by atoms with Gasteiger partial charge in [-0.05, 0) is 25.1 Å². The predicted octanol–water partition coefficient (Wildman–Crippen LogP) is 0.699. The molecule has 0 aromatic rings. The highest BCUT2D eigenvalue weighted by atomic mass is 28.4. The summed E-state index contributed by atoms with van der Waals surface area (Å²) in [4.78, 5) is 0. The molecule has 2 N–H and O–H groups in total. The monoisotopic (exact) mass is 205 g/mol. The Morgan fingerprint density at radius 2 is 1.69 bits per heavy atom. The number of rotatable bonds is 6. The normalized spacial score (nSPS) is 13.5. The summed E-state index contributed by atoms with van der Waals surface area (Å²) in [5.74, 6) is 0. The van der Waals surface area contributed by atoms with Gasteiger partial charge in [-0.25, -0.2) is 0 Å². The third-order valence-corrected chi connectivity index (χ3v) is 4.90. The molecular formula is C8H19NO3Si. The molecule has 0 aliphatic rings. The summed E-state index contributed by atoms with van der Waals surface area (Å²) in [7, 11) is 2.20. The van der Waals surface area contributed by atoms with Crippen LogP contribution < -0.4 is 5.73 Å². The van der Waals surface area contributed by atoms with Gasteiger partial charge >= 0.3 is 8.80 Å². The van der Waals surface area contributed by atoms with Crippen molar-refractivity contribution in [3.63, 3.8) is 0 Å². The molecule has 78 valence electrons. The Morgan fingerprint density at radius 1 is 1.23 bits per heavy atom. The van der Waals surface area contributed by atoms with E-state index in [1.807, 2.05) is 13.0 Å². The minimum atomic E-state index is -2.59. The minimum Gasteiger partial charge on any atom is -0.374 e. The highest BCUT2D eigenvalue weighted by Gasteiger charge is 2.41. The van der Waals surface area contributed by atoms with Crippen LogP contribution in [-0.2, 0) is 13.3 Å². The van der Waals surface area contributed by atoms with E-state index in [0.29, 0.717) is 6.54 Å². The van der Waals surface area contributed by atoms with Gasteiger partial charge in [0.2, 0.25) is 0 Å². The zero-order valence-electron chi connectivity index (χ0n) is 8.79. The highest BCUT2D eigenvalue weighted by Crippen LogP contribution is 2.19. The lowest BCUT2D eigenvalue weighted by molar-refractivity contribution is 0.133. The van der Waals surface area contributed by atoms with E-state index in [2.05, 4.69) is 0 Å². The van der Waals surface area contributed by atoms with Gasteiger partial charge in [0, 0.05) is 21.3 Å².